The number of pyridine rings is 2. The summed E-state index contributed by atoms with van der Waals surface area (Å²) in [5.74, 6) is -0.883. The number of halogens is 1. The number of carbonyl (C=O) groups is 1. The third kappa shape index (κ3) is 3.79. The van der Waals surface area contributed by atoms with Crippen LogP contribution in [0.4, 0.5) is 15.8 Å². The van der Waals surface area contributed by atoms with Crippen molar-refractivity contribution in [3.05, 3.63) is 72.1 Å². The Morgan fingerprint density at radius 3 is 2.65 bits per heavy atom. The van der Waals surface area contributed by atoms with E-state index in [4.69, 9.17) is 0 Å². The molecule has 2 aliphatic heterocycles. The predicted octanol–water partition coefficient (Wildman–Crippen LogP) is 4.39. The second-order valence-electron chi connectivity index (χ2n) is 7.93. The van der Waals surface area contributed by atoms with Crippen molar-refractivity contribution in [2.75, 3.05) is 23.3 Å². The average molecular weight is 415 g/mol. The van der Waals surface area contributed by atoms with Gasteiger partial charge in [-0.1, -0.05) is 12.1 Å². The zero-order chi connectivity index (χ0) is 21.4. The molecule has 0 radical (unpaired) electrons. The summed E-state index contributed by atoms with van der Waals surface area (Å²) in [4.78, 5) is 28.0. The lowest BCUT2D eigenvalue weighted by atomic mass is 9.96. The molecule has 5 rings (SSSR count). The molecule has 156 valence electrons. The lowest BCUT2D eigenvalue weighted by Crippen LogP contribution is -2.23. The summed E-state index contributed by atoms with van der Waals surface area (Å²) in [5.41, 5.74) is 5.53. The van der Waals surface area contributed by atoms with Crippen molar-refractivity contribution in [3.8, 4) is 11.1 Å². The Labute approximate surface area is 179 Å². The number of rotatable bonds is 4. The zero-order valence-electron chi connectivity index (χ0n) is 17.2. The Bertz CT molecular complexity index is 1190. The van der Waals surface area contributed by atoms with Crippen molar-refractivity contribution in [3.63, 3.8) is 0 Å². The van der Waals surface area contributed by atoms with Crippen LogP contribution in [-0.4, -0.2) is 34.7 Å². The molecule has 0 bridgehead atoms. The van der Waals surface area contributed by atoms with E-state index in [1.165, 1.54) is 25.1 Å². The van der Waals surface area contributed by atoms with Crippen LogP contribution >= 0.6 is 0 Å². The number of nitrogens with one attached hydrogen (secondary N) is 1. The van der Waals surface area contributed by atoms with Crippen molar-refractivity contribution in [2.45, 2.75) is 25.8 Å². The van der Waals surface area contributed by atoms with Crippen molar-refractivity contribution >= 4 is 23.0 Å². The quantitative estimate of drug-likeness (QED) is 0.686. The third-order valence-electron chi connectivity index (χ3n) is 5.79. The highest BCUT2D eigenvalue weighted by molar-refractivity contribution is 6.50. The van der Waals surface area contributed by atoms with Crippen molar-refractivity contribution < 1.29 is 9.18 Å². The van der Waals surface area contributed by atoms with E-state index in [2.05, 4.69) is 31.2 Å². The summed E-state index contributed by atoms with van der Waals surface area (Å²) >= 11 is 0. The maximum Gasteiger partial charge on any atom is 0.274 e. The van der Waals surface area contributed by atoms with Gasteiger partial charge in [0.2, 0.25) is 0 Å². The SMILES string of the molecule is C[C@@H]1N=C(C(=O)Nc2cncc(F)c2)c2cc(-c3cncc(N4CCCC4)c3)ccc21. The van der Waals surface area contributed by atoms with Crippen LogP contribution in [0.25, 0.3) is 11.1 Å². The molecule has 1 aromatic carbocycles. The summed E-state index contributed by atoms with van der Waals surface area (Å²) < 4.78 is 13.4. The lowest BCUT2D eigenvalue weighted by molar-refractivity contribution is -0.110. The minimum Gasteiger partial charge on any atom is -0.370 e. The first-order valence-corrected chi connectivity index (χ1v) is 10.4. The van der Waals surface area contributed by atoms with Gasteiger partial charge in [0.1, 0.15) is 11.5 Å². The highest BCUT2D eigenvalue weighted by Crippen LogP contribution is 2.34. The summed E-state index contributed by atoms with van der Waals surface area (Å²) in [5, 5.41) is 2.70. The largest absolute Gasteiger partial charge is 0.370 e. The van der Waals surface area contributed by atoms with Gasteiger partial charge in [0.05, 0.1) is 36.0 Å². The fraction of sp³-hybridized carbons (Fsp3) is 0.250. The number of nitrogens with zero attached hydrogens (tertiary/aromatic N) is 4. The molecule has 0 saturated carbocycles. The molecule has 1 saturated heterocycles. The van der Waals surface area contributed by atoms with Crippen LogP contribution in [0, 0.1) is 5.82 Å². The summed E-state index contributed by atoms with van der Waals surface area (Å²) in [6, 6.07) is 9.32. The first kappa shape index (κ1) is 19.4. The van der Waals surface area contributed by atoms with E-state index in [1.54, 1.807) is 0 Å². The Morgan fingerprint density at radius 2 is 1.84 bits per heavy atom. The van der Waals surface area contributed by atoms with Gasteiger partial charge in [-0.15, -0.1) is 0 Å². The molecule has 7 heteroatoms. The Hall–Kier alpha value is -3.61. The van der Waals surface area contributed by atoms with Crippen LogP contribution in [0.5, 0.6) is 0 Å². The van der Waals surface area contributed by atoms with Crippen LogP contribution in [0.3, 0.4) is 0 Å². The molecular formula is C24H22FN5O. The molecule has 2 aromatic heterocycles. The minimum absolute atomic E-state index is 0.121. The molecule has 4 heterocycles. The van der Waals surface area contributed by atoms with Crippen molar-refractivity contribution in [1.29, 1.82) is 0 Å². The van der Waals surface area contributed by atoms with Gasteiger partial charge in [0, 0.05) is 36.5 Å². The van der Waals surface area contributed by atoms with Crippen LogP contribution in [0.2, 0.25) is 0 Å². The van der Waals surface area contributed by atoms with E-state index in [0.717, 1.165) is 47.2 Å². The summed E-state index contributed by atoms with van der Waals surface area (Å²) in [7, 11) is 0. The number of anilines is 2. The molecule has 0 aliphatic carbocycles. The van der Waals surface area contributed by atoms with E-state index < -0.39 is 5.82 Å². The van der Waals surface area contributed by atoms with Crippen LogP contribution in [0.1, 0.15) is 36.9 Å². The topological polar surface area (TPSA) is 70.5 Å². The van der Waals surface area contributed by atoms with E-state index in [-0.39, 0.29) is 11.9 Å². The van der Waals surface area contributed by atoms with Gasteiger partial charge in [-0.25, -0.2) is 4.39 Å². The summed E-state index contributed by atoms with van der Waals surface area (Å²) in [6.45, 7) is 4.07. The van der Waals surface area contributed by atoms with Gasteiger partial charge >= 0.3 is 0 Å². The first-order chi connectivity index (χ1) is 15.1. The molecule has 6 nitrogen and oxygen atoms in total. The molecule has 1 atom stereocenters. The van der Waals surface area contributed by atoms with Gasteiger partial charge < -0.3 is 10.2 Å². The van der Waals surface area contributed by atoms with Gasteiger partial charge in [-0.2, -0.15) is 0 Å². The normalized spacial score (nSPS) is 17.4. The monoisotopic (exact) mass is 415 g/mol. The summed E-state index contributed by atoms with van der Waals surface area (Å²) in [6.07, 6.45) is 8.66. The van der Waals surface area contributed by atoms with Crippen LogP contribution in [0.15, 0.2) is 60.1 Å². The molecular weight excluding hydrogens is 393 g/mol. The molecule has 3 aromatic rings. The molecule has 0 spiro atoms. The number of hydrogen-bond acceptors (Lipinski definition) is 5. The predicted molar refractivity (Wildman–Crippen MR) is 119 cm³/mol. The van der Waals surface area contributed by atoms with Crippen LogP contribution in [-0.2, 0) is 4.79 Å². The van der Waals surface area contributed by atoms with E-state index in [9.17, 15) is 9.18 Å². The number of hydrogen-bond donors (Lipinski definition) is 1. The first-order valence-electron chi connectivity index (χ1n) is 10.4. The highest BCUT2D eigenvalue weighted by atomic mass is 19.1. The molecule has 1 amide bonds. The molecule has 1 N–H and O–H groups in total. The zero-order valence-corrected chi connectivity index (χ0v) is 17.2. The smallest absolute Gasteiger partial charge is 0.274 e. The Kier molecular flexibility index (Phi) is 4.94. The Morgan fingerprint density at radius 1 is 1.03 bits per heavy atom. The van der Waals surface area contributed by atoms with Gasteiger partial charge in [-0.3, -0.25) is 19.8 Å². The maximum atomic E-state index is 13.4. The van der Waals surface area contributed by atoms with Crippen molar-refractivity contribution in [2.24, 2.45) is 4.99 Å². The minimum atomic E-state index is -0.507. The maximum absolute atomic E-state index is 13.4. The molecule has 1 fully saturated rings. The number of aromatic nitrogens is 2. The van der Waals surface area contributed by atoms with E-state index >= 15 is 0 Å². The number of aliphatic imine (C=N–C) groups is 1. The lowest BCUT2D eigenvalue weighted by Gasteiger charge is -2.18. The number of benzene rings is 1. The highest BCUT2D eigenvalue weighted by Gasteiger charge is 2.27. The van der Waals surface area contributed by atoms with Gasteiger partial charge in [-0.05, 0) is 43.0 Å². The Balaban J connectivity index is 1.45. The number of carbonyl (C=O) groups excluding carboxylic acids is 1. The number of amides is 1. The second kappa shape index (κ2) is 7.91. The van der Waals surface area contributed by atoms with Crippen molar-refractivity contribution in [1.82, 2.24) is 9.97 Å². The van der Waals surface area contributed by atoms with E-state index in [0.29, 0.717) is 11.4 Å². The van der Waals surface area contributed by atoms with Crippen LogP contribution < -0.4 is 10.2 Å². The third-order valence-corrected chi connectivity index (χ3v) is 5.79. The van der Waals surface area contributed by atoms with Gasteiger partial charge in [0.25, 0.3) is 5.91 Å². The molecule has 31 heavy (non-hydrogen) atoms. The fourth-order valence-corrected chi connectivity index (χ4v) is 4.22. The number of fused-ring (bicyclic) bond motifs is 1. The standard InChI is InChI=1S/C24H22FN5O/c1-15-21-5-4-16(17-8-20(14-26-11-17)30-6-2-3-7-30)9-22(21)23(28-15)24(31)29-19-10-18(25)12-27-13-19/h4-5,8-15H,2-3,6-7H2,1H3,(H,29,31)/t15-/m0/s1. The molecule has 2 aliphatic rings. The average Bonchev–Trinajstić information content (AvgIpc) is 3.42. The van der Waals surface area contributed by atoms with E-state index in [1.807, 2.05) is 37.5 Å². The fourth-order valence-electron chi connectivity index (χ4n) is 4.22. The second-order valence-corrected chi connectivity index (χ2v) is 7.93. The van der Waals surface area contributed by atoms with Gasteiger partial charge in [0.15, 0.2) is 0 Å². The molecule has 0 unspecified atom stereocenters.